The van der Waals surface area contributed by atoms with Crippen molar-refractivity contribution in [3.05, 3.63) is 45.4 Å². The summed E-state index contributed by atoms with van der Waals surface area (Å²) in [7, 11) is 0. The molecule has 6 heteroatoms. The molecule has 17 heavy (non-hydrogen) atoms. The maximum Gasteiger partial charge on any atom is 0.337 e. The highest BCUT2D eigenvalue weighted by Crippen LogP contribution is 2.21. The molecule has 0 saturated heterocycles. The molecule has 0 radical (unpaired) electrons. The van der Waals surface area contributed by atoms with Gasteiger partial charge >= 0.3 is 5.97 Å². The first kappa shape index (κ1) is 11.9. The average molecular weight is 269 g/mol. The van der Waals surface area contributed by atoms with E-state index in [1.54, 1.807) is 29.7 Å². The molecule has 0 aliphatic heterocycles. The lowest BCUT2D eigenvalue weighted by atomic mass is 10.2. The van der Waals surface area contributed by atoms with E-state index in [9.17, 15) is 4.79 Å². The Bertz CT molecular complexity index is 528. The number of carboxylic acid groups (broad SMARTS) is 1. The van der Waals surface area contributed by atoms with Crippen molar-refractivity contribution >= 4 is 34.6 Å². The quantitative estimate of drug-likeness (QED) is 0.894. The van der Waals surface area contributed by atoms with Crippen molar-refractivity contribution in [2.45, 2.75) is 6.54 Å². The molecule has 0 aliphatic carbocycles. The van der Waals surface area contributed by atoms with Gasteiger partial charge in [0.1, 0.15) is 5.01 Å². The monoisotopic (exact) mass is 268 g/mol. The molecule has 2 N–H and O–H groups in total. The van der Waals surface area contributed by atoms with Crippen LogP contribution in [0.15, 0.2) is 29.8 Å². The second-order valence-electron chi connectivity index (χ2n) is 3.28. The Labute approximate surface area is 107 Å². The van der Waals surface area contributed by atoms with Gasteiger partial charge in [0.05, 0.1) is 17.1 Å². The molecule has 4 nitrogen and oxygen atoms in total. The Morgan fingerprint density at radius 2 is 2.35 bits per heavy atom. The highest BCUT2D eigenvalue weighted by molar-refractivity contribution is 7.09. The van der Waals surface area contributed by atoms with Gasteiger partial charge in [-0.05, 0) is 18.2 Å². The summed E-state index contributed by atoms with van der Waals surface area (Å²) in [6, 6.07) is 4.76. The minimum absolute atomic E-state index is 0.103. The second kappa shape index (κ2) is 5.16. The Morgan fingerprint density at radius 1 is 1.53 bits per heavy atom. The van der Waals surface area contributed by atoms with E-state index in [0.717, 1.165) is 10.7 Å². The van der Waals surface area contributed by atoms with Gasteiger partial charge in [-0.3, -0.25) is 0 Å². The van der Waals surface area contributed by atoms with Gasteiger partial charge in [0.2, 0.25) is 0 Å². The molecule has 0 bridgehead atoms. The lowest BCUT2D eigenvalue weighted by molar-refractivity contribution is 0.0697. The molecule has 1 heterocycles. The number of aromatic carboxylic acids is 1. The summed E-state index contributed by atoms with van der Waals surface area (Å²) in [4.78, 5) is 14.9. The molecule has 1 aromatic carbocycles. The number of carboxylic acids is 1. The van der Waals surface area contributed by atoms with Gasteiger partial charge in [-0.25, -0.2) is 9.78 Å². The number of rotatable bonds is 4. The van der Waals surface area contributed by atoms with Gasteiger partial charge in [-0.1, -0.05) is 11.6 Å². The number of anilines is 1. The van der Waals surface area contributed by atoms with E-state index in [-0.39, 0.29) is 10.6 Å². The third-order valence-electron chi connectivity index (χ3n) is 2.13. The number of hydrogen-bond acceptors (Lipinski definition) is 4. The average Bonchev–Trinajstić information content (AvgIpc) is 2.78. The number of thiazole rings is 1. The van der Waals surface area contributed by atoms with Gasteiger partial charge < -0.3 is 10.4 Å². The summed E-state index contributed by atoms with van der Waals surface area (Å²) in [5.74, 6) is -1.03. The van der Waals surface area contributed by atoms with E-state index in [2.05, 4.69) is 10.3 Å². The third-order valence-corrected chi connectivity index (χ3v) is 3.22. The van der Waals surface area contributed by atoms with Gasteiger partial charge in [0.25, 0.3) is 0 Å². The third kappa shape index (κ3) is 2.95. The molecular weight excluding hydrogens is 260 g/mol. The molecule has 2 aromatic rings. The van der Waals surface area contributed by atoms with Crippen molar-refractivity contribution < 1.29 is 9.90 Å². The first-order chi connectivity index (χ1) is 8.16. The Hall–Kier alpha value is -1.59. The fourth-order valence-corrected chi connectivity index (χ4v) is 2.13. The summed E-state index contributed by atoms with van der Waals surface area (Å²) in [5, 5.41) is 15.0. The Kier molecular flexibility index (Phi) is 3.61. The zero-order valence-corrected chi connectivity index (χ0v) is 10.3. The lowest BCUT2D eigenvalue weighted by Gasteiger charge is -2.06. The van der Waals surface area contributed by atoms with Crippen LogP contribution in [-0.2, 0) is 6.54 Å². The molecule has 1 aromatic heterocycles. The number of halogens is 1. The molecule has 0 amide bonds. The minimum atomic E-state index is -1.03. The first-order valence-corrected chi connectivity index (χ1v) is 6.07. The van der Waals surface area contributed by atoms with Gasteiger partial charge in [0.15, 0.2) is 0 Å². The molecule has 0 spiro atoms. The Morgan fingerprint density at radius 3 is 2.94 bits per heavy atom. The van der Waals surface area contributed by atoms with Crippen LogP contribution in [0.5, 0.6) is 0 Å². The van der Waals surface area contributed by atoms with Crippen molar-refractivity contribution in [2.75, 3.05) is 5.32 Å². The van der Waals surface area contributed by atoms with E-state index in [1.165, 1.54) is 6.07 Å². The summed E-state index contributed by atoms with van der Waals surface area (Å²) in [5.41, 5.74) is 0.877. The van der Waals surface area contributed by atoms with Gasteiger partial charge in [0, 0.05) is 17.3 Å². The number of nitrogens with one attached hydrogen (secondary N) is 1. The molecule has 2 rings (SSSR count). The maximum absolute atomic E-state index is 10.8. The van der Waals surface area contributed by atoms with E-state index in [0.29, 0.717) is 6.54 Å². The van der Waals surface area contributed by atoms with E-state index in [4.69, 9.17) is 16.7 Å². The van der Waals surface area contributed by atoms with Crippen LogP contribution in [-0.4, -0.2) is 16.1 Å². The number of carbonyl (C=O) groups is 1. The fraction of sp³-hybridized carbons (Fsp3) is 0.0909. The minimum Gasteiger partial charge on any atom is -0.478 e. The van der Waals surface area contributed by atoms with Crippen LogP contribution in [0, 0.1) is 0 Å². The number of hydrogen-bond donors (Lipinski definition) is 2. The highest BCUT2D eigenvalue weighted by atomic mass is 35.5. The summed E-state index contributed by atoms with van der Waals surface area (Å²) in [6.07, 6.45) is 1.74. The Balaban J connectivity index is 2.07. The van der Waals surface area contributed by atoms with Crippen LogP contribution < -0.4 is 5.32 Å². The SMILES string of the molecule is O=C(O)c1ccc(NCc2nccs2)cc1Cl. The lowest BCUT2D eigenvalue weighted by Crippen LogP contribution is -2.01. The second-order valence-corrected chi connectivity index (χ2v) is 4.67. The highest BCUT2D eigenvalue weighted by Gasteiger charge is 2.08. The zero-order valence-electron chi connectivity index (χ0n) is 8.68. The molecule has 0 aliphatic rings. The van der Waals surface area contributed by atoms with Crippen LogP contribution in [0.25, 0.3) is 0 Å². The predicted octanol–water partition coefficient (Wildman–Crippen LogP) is 3.11. The van der Waals surface area contributed by atoms with E-state index < -0.39 is 5.97 Å². The van der Waals surface area contributed by atoms with E-state index in [1.807, 2.05) is 5.38 Å². The van der Waals surface area contributed by atoms with Crippen LogP contribution in [0.4, 0.5) is 5.69 Å². The molecule has 0 saturated carbocycles. The number of nitrogens with zero attached hydrogens (tertiary/aromatic N) is 1. The summed E-state index contributed by atoms with van der Waals surface area (Å²) >= 11 is 7.40. The van der Waals surface area contributed by atoms with Gasteiger partial charge in [-0.15, -0.1) is 11.3 Å². The topological polar surface area (TPSA) is 62.2 Å². The number of aromatic nitrogens is 1. The van der Waals surface area contributed by atoms with Crippen molar-refractivity contribution in [3.63, 3.8) is 0 Å². The largest absolute Gasteiger partial charge is 0.478 e. The fourth-order valence-electron chi connectivity index (χ4n) is 1.32. The van der Waals surface area contributed by atoms with Crippen LogP contribution >= 0.6 is 22.9 Å². The van der Waals surface area contributed by atoms with Crippen molar-refractivity contribution in [1.82, 2.24) is 4.98 Å². The van der Waals surface area contributed by atoms with Crippen LogP contribution in [0.1, 0.15) is 15.4 Å². The molecule has 88 valence electrons. The van der Waals surface area contributed by atoms with Crippen molar-refractivity contribution in [2.24, 2.45) is 0 Å². The zero-order chi connectivity index (χ0) is 12.3. The molecule has 0 unspecified atom stereocenters. The van der Waals surface area contributed by atoms with E-state index >= 15 is 0 Å². The normalized spacial score (nSPS) is 10.2. The van der Waals surface area contributed by atoms with Crippen LogP contribution in [0.3, 0.4) is 0 Å². The van der Waals surface area contributed by atoms with Crippen LogP contribution in [0.2, 0.25) is 5.02 Å². The van der Waals surface area contributed by atoms with Gasteiger partial charge in [-0.2, -0.15) is 0 Å². The number of benzene rings is 1. The maximum atomic E-state index is 10.8. The summed E-state index contributed by atoms with van der Waals surface area (Å²) < 4.78 is 0. The van der Waals surface area contributed by atoms with Crippen molar-refractivity contribution in [3.8, 4) is 0 Å². The first-order valence-electron chi connectivity index (χ1n) is 4.82. The predicted molar refractivity (Wildman–Crippen MR) is 67.9 cm³/mol. The summed E-state index contributed by atoms with van der Waals surface area (Å²) in [6.45, 7) is 0.598. The standard InChI is InChI=1S/C11H9ClN2O2S/c12-9-5-7(1-2-8(9)11(15)16)14-6-10-13-3-4-17-10/h1-5,14H,6H2,(H,15,16). The van der Waals surface area contributed by atoms with Crippen molar-refractivity contribution in [1.29, 1.82) is 0 Å². The molecular formula is C11H9ClN2O2S. The smallest absolute Gasteiger partial charge is 0.337 e. The molecule has 0 atom stereocenters. The molecule has 0 fully saturated rings.